The van der Waals surface area contributed by atoms with Crippen LogP contribution in [0.5, 0.6) is 11.5 Å². The number of aromatic carboxylic acids is 1. The predicted octanol–water partition coefficient (Wildman–Crippen LogP) is 5.99. The van der Waals surface area contributed by atoms with Crippen molar-refractivity contribution in [1.29, 1.82) is 0 Å². The smallest absolute Gasteiger partial charge is 0.335 e. The molecule has 4 N–H and O–H groups in total. The van der Waals surface area contributed by atoms with Gasteiger partial charge < -0.3 is 20.3 Å². The van der Waals surface area contributed by atoms with Crippen molar-refractivity contribution in [3.63, 3.8) is 0 Å². The third-order valence-electron chi connectivity index (χ3n) is 5.09. The van der Waals surface area contributed by atoms with Gasteiger partial charge in [0.15, 0.2) is 0 Å². The second kappa shape index (κ2) is 9.31. The number of carbonyl (C=O) groups excluding carboxylic acids is 2. The number of carboxylic acid groups (broad SMARTS) is 1. The molecule has 0 atom stereocenters. The van der Waals surface area contributed by atoms with E-state index in [0.717, 1.165) is 22.8 Å². The maximum atomic E-state index is 13.4. The number of nitrogens with zero attached hydrogens (tertiary/aromatic N) is 1. The Kier molecular flexibility index (Phi) is 6.57. The van der Waals surface area contributed by atoms with Crippen LogP contribution in [0.25, 0.3) is 5.69 Å². The molecule has 0 amide bonds. The van der Waals surface area contributed by atoms with Gasteiger partial charge in [-0.25, -0.2) is 4.79 Å². The number of para-hydroxylation sites is 1. The second-order valence-electron chi connectivity index (χ2n) is 7.19. The quantitative estimate of drug-likeness (QED) is 0.217. The van der Waals surface area contributed by atoms with E-state index in [4.69, 9.17) is 51.5 Å². The molecule has 2 heterocycles. The third-order valence-corrected chi connectivity index (χ3v) is 6.60. The zero-order valence-electron chi connectivity index (χ0n) is 17.1. The van der Waals surface area contributed by atoms with Gasteiger partial charge in [-0.05, 0) is 36.4 Å². The lowest BCUT2D eigenvalue weighted by atomic mass is 10.0. The number of carboxylic acids is 1. The minimum absolute atomic E-state index is 0.0764. The molecular formula is C23H12Cl4N2O6. The summed E-state index contributed by atoms with van der Waals surface area (Å²) in [4.78, 5) is 40.4. The van der Waals surface area contributed by atoms with Gasteiger partial charge in [0, 0.05) is 0 Å². The highest BCUT2D eigenvalue weighted by molar-refractivity contribution is 6.45. The van der Waals surface area contributed by atoms with Gasteiger partial charge in [0.05, 0.1) is 33.1 Å². The van der Waals surface area contributed by atoms with Gasteiger partial charge in [-0.1, -0.05) is 58.5 Å². The summed E-state index contributed by atoms with van der Waals surface area (Å²) in [6.07, 6.45) is 0. The molecule has 0 unspecified atom stereocenters. The first-order valence-electron chi connectivity index (χ1n) is 9.60. The van der Waals surface area contributed by atoms with E-state index in [2.05, 4.69) is 4.98 Å². The molecule has 0 spiro atoms. The van der Waals surface area contributed by atoms with Crippen molar-refractivity contribution in [1.82, 2.24) is 9.55 Å². The van der Waals surface area contributed by atoms with Crippen LogP contribution in [0.1, 0.15) is 42.5 Å². The fourth-order valence-corrected chi connectivity index (χ4v) is 4.28. The predicted molar refractivity (Wildman–Crippen MR) is 130 cm³/mol. The van der Waals surface area contributed by atoms with Crippen LogP contribution in [0, 0.1) is 0 Å². The van der Waals surface area contributed by atoms with Crippen LogP contribution < -0.4 is 0 Å². The normalized spacial score (nSPS) is 11.0. The number of hydrogen-bond donors (Lipinski definition) is 4. The number of H-pyrrole nitrogens is 1. The van der Waals surface area contributed by atoms with Crippen molar-refractivity contribution in [2.45, 2.75) is 0 Å². The average molecular weight is 554 g/mol. The van der Waals surface area contributed by atoms with E-state index in [1.165, 1.54) is 30.3 Å². The molecule has 0 fully saturated rings. The number of phenolic OH excluding ortho intramolecular Hbond substituents is 2. The van der Waals surface area contributed by atoms with Crippen molar-refractivity contribution >= 4 is 63.9 Å². The lowest BCUT2D eigenvalue weighted by Crippen LogP contribution is -2.13. The summed E-state index contributed by atoms with van der Waals surface area (Å²) in [6.45, 7) is 0. The van der Waals surface area contributed by atoms with Crippen LogP contribution in [0.4, 0.5) is 0 Å². The highest BCUT2D eigenvalue weighted by Gasteiger charge is 2.30. The molecule has 4 aromatic rings. The molecule has 0 aliphatic carbocycles. The van der Waals surface area contributed by atoms with Gasteiger partial charge in [-0.2, -0.15) is 0 Å². The number of aromatic hydroxyl groups is 2. The highest BCUT2D eigenvalue weighted by atomic mass is 35.5. The monoisotopic (exact) mass is 552 g/mol. The highest BCUT2D eigenvalue weighted by Crippen LogP contribution is 2.40. The number of aromatic nitrogens is 2. The molecule has 2 aromatic heterocycles. The Labute approximate surface area is 216 Å². The molecular weight excluding hydrogens is 542 g/mol. The molecule has 0 saturated carbocycles. The van der Waals surface area contributed by atoms with Crippen LogP contribution >= 0.6 is 46.4 Å². The molecule has 35 heavy (non-hydrogen) atoms. The Bertz CT molecular complexity index is 1540. The van der Waals surface area contributed by atoms with E-state index < -0.39 is 23.3 Å². The minimum atomic E-state index is -1.30. The van der Waals surface area contributed by atoms with E-state index in [1.54, 1.807) is 0 Å². The molecule has 8 nitrogen and oxygen atoms in total. The lowest BCUT2D eigenvalue weighted by Gasteiger charge is -2.13. The maximum Gasteiger partial charge on any atom is 0.335 e. The minimum Gasteiger partial charge on any atom is -0.507 e. The summed E-state index contributed by atoms with van der Waals surface area (Å²) < 4.78 is 1.08. The SMILES string of the molecule is O=C(O)c1ccc(C(=O)c2cc(Cl)c(Cl)n2-c2c(C(=O)c3ccccc3O)[nH]c(Cl)c2Cl)c(O)c1. The van der Waals surface area contributed by atoms with Gasteiger partial charge >= 0.3 is 5.97 Å². The first-order valence-corrected chi connectivity index (χ1v) is 11.1. The molecule has 12 heteroatoms. The fourth-order valence-electron chi connectivity index (χ4n) is 3.45. The fraction of sp³-hybridized carbons (Fsp3) is 0. The molecule has 0 aliphatic rings. The van der Waals surface area contributed by atoms with Crippen LogP contribution in [0.15, 0.2) is 48.5 Å². The number of aromatic amines is 1. The van der Waals surface area contributed by atoms with Crippen molar-refractivity contribution in [3.8, 4) is 17.2 Å². The first-order chi connectivity index (χ1) is 16.5. The van der Waals surface area contributed by atoms with E-state index in [0.29, 0.717) is 0 Å². The Hall–Kier alpha value is -3.43. The van der Waals surface area contributed by atoms with Gasteiger partial charge in [-0.3, -0.25) is 14.2 Å². The van der Waals surface area contributed by atoms with E-state index in [-0.39, 0.29) is 59.9 Å². The maximum absolute atomic E-state index is 13.4. The number of hydrogen-bond acceptors (Lipinski definition) is 5. The summed E-state index contributed by atoms with van der Waals surface area (Å²) >= 11 is 25.1. The third kappa shape index (κ3) is 4.26. The number of nitrogens with one attached hydrogen (secondary N) is 1. The molecule has 178 valence electrons. The zero-order valence-corrected chi connectivity index (χ0v) is 20.2. The van der Waals surface area contributed by atoms with Crippen molar-refractivity contribution in [2.75, 3.05) is 0 Å². The molecule has 0 bridgehead atoms. The van der Waals surface area contributed by atoms with Gasteiger partial charge in [0.2, 0.25) is 11.6 Å². The summed E-state index contributed by atoms with van der Waals surface area (Å²) in [6, 6.07) is 10.1. The van der Waals surface area contributed by atoms with Gasteiger partial charge in [0.25, 0.3) is 0 Å². The first kappa shape index (κ1) is 24.7. The Morgan fingerprint density at radius 1 is 0.829 bits per heavy atom. The molecule has 0 saturated heterocycles. The summed E-state index contributed by atoms with van der Waals surface area (Å²) in [7, 11) is 0. The largest absolute Gasteiger partial charge is 0.507 e. The van der Waals surface area contributed by atoms with Crippen LogP contribution in [0.2, 0.25) is 20.4 Å². The molecule has 4 rings (SSSR count). The summed E-state index contributed by atoms with van der Waals surface area (Å²) in [5.41, 5.74) is -1.09. The number of phenols is 2. The van der Waals surface area contributed by atoms with Crippen LogP contribution in [-0.2, 0) is 0 Å². The molecule has 2 aromatic carbocycles. The zero-order chi connectivity index (χ0) is 25.6. The van der Waals surface area contributed by atoms with Gasteiger partial charge in [0.1, 0.15) is 32.5 Å². The second-order valence-corrected chi connectivity index (χ2v) is 8.71. The topological polar surface area (TPSA) is 133 Å². The number of rotatable bonds is 6. The van der Waals surface area contributed by atoms with Crippen molar-refractivity contribution in [3.05, 3.63) is 97.0 Å². The molecule has 0 radical (unpaired) electrons. The Morgan fingerprint density at radius 3 is 2.11 bits per heavy atom. The average Bonchev–Trinajstić information content (AvgIpc) is 3.27. The van der Waals surface area contributed by atoms with E-state index in [9.17, 15) is 24.6 Å². The van der Waals surface area contributed by atoms with Crippen molar-refractivity contribution < 1.29 is 29.7 Å². The summed E-state index contributed by atoms with van der Waals surface area (Å²) in [5, 5.41) is 29.0. The van der Waals surface area contributed by atoms with Crippen LogP contribution in [0.3, 0.4) is 0 Å². The van der Waals surface area contributed by atoms with E-state index in [1.807, 2.05) is 0 Å². The standard InChI is InChI=1S/C23H12Cl4N2O6/c24-12-8-13(19(32)11-6-5-9(23(34)35)7-15(11)31)29(22(12)27)18-16(25)21(26)28-17(18)20(33)10-3-1-2-4-14(10)30/h1-8,28,30-31H,(H,34,35). The van der Waals surface area contributed by atoms with Crippen molar-refractivity contribution in [2.24, 2.45) is 0 Å². The molecule has 0 aliphatic heterocycles. The van der Waals surface area contributed by atoms with Gasteiger partial charge in [-0.15, -0.1) is 0 Å². The number of carbonyl (C=O) groups is 3. The number of halogens is 4. The number of benzene rings is 2. The van der Waals surface area contributed by atoms with Crippen LogP contribution in [-0.4, -0.2) is 42.4 Å². The number of ketones is 2. The van der Waals surface area contributed by atoms with E-state index >= 15 is 0 Å². The lowest BCUT2D eigenvalue weighted by molar-refractivity contribution is 0.0695. The Morgan fingerprint density at radius 2 is 1.49 bits per heavy atom. The summed E-state index contributed by atoms with van der Waals surface area (Å²) in [5.74, 6) is -3.71. The Balaban J connectivity index is 1.93.